The number of aromatic nitrogens is 1. The van der Waals surface area contributed by atoms with E-state index in [0.29, 0.717) is 36.9 Å². The van der Waals surface area contributed by atoms with E-state index in [9.17, 15) is 4.79 Å². The van der Waals surface area contributed by atoms with Crippen molar-refractivity contribution >= 4 is 28.3 Å². The van der Waals surface area contributed by atoms with Gasteiger partial charge in [0.1, 0.15) is 10.6 Å². The minimum absolute atomic E-state index is 0.0203. The predicted octanol–water partition coefficient (Wildman–Crippen LogP) is 0.691. The molecule has 112 valence electrons. The summed E-state index contributed by atoms with van der Waals surface area (Å²) in [7, 11) is 0. The van der Waals surface area contributed by atoms with Gasteiger partial charge in [0.15, 0.2) is 5.82 Å². The van der Waals surface area contributed by atoms with E-state index in [-0.39, 0.29) is 23.9 Å². The Kier molecular flexibility index (Phi) is 5.16. The Morgan fingerprint density at radius 1 is 1.55 bits per heavy atom. The van der Waals surface area contributed by atoms with Crippen LogP contribution in [0.1, 0.15) is 24.2 Å². The number of amides is 1. The van der Waals surface area contributed by atoms with E-state index in [1.807, 2.05) is 13.8 Å². The molecular formula is C12H20N4O3S. The maximum atomic E-state index is 12.1. The number of hydrogen-bond donors (Lipinski definition) is 3. The quantitative estimate of drug-likeness (QED) is 0.740. The first kappa shape index (κ1) is 15.0. The fraction of sp³-hybridized carbons (Fsp3) is 0.667. The maximum Gasteiger partial charge on any atom is 0.258 e. The third kappa shape index (κ3) is 3.81. The van der Waals surface area contributed by atoms with Crippen molar-refractivity contribution in [1.82, 2.24) is 9.69 Å². The zero-order valence-electron chi connectivity index (χ0n) is 11.6. The van der Waals surface area contributed by atoms with Crippen molar-refractivity contribution in [2.75, 3.05) is 37.4 Å². The molecule has 1 unspecified atom stereocenters. The number of carbonyl (C=O) groups is 1. The lowest BCUT2D eigenvalue weighted by molar-refractivity contribution is -0.0818. The lowest BCUT2D eigenvalue weighted by Crippen LogP contribution is -2.35. The summed E-state index contributed by atoms with van der Waals surface area (Å²) >= 11 is 1.18. The second-order valence-electron chi connectivity index (χ2n) is 4.85. The van der Waals surface area contributed by atoms with E-state index in [0.717, 1.165) is 0 Å². The largest absolute Gasteiger partial charge is 0.382 e. The van der Waals surface area contributed by atoms with Crippen molar-refractivity contribution in [3.63, 3.8) is 0 Å². The molecule has 2 rings (SSSR count). The van der Waals surface area contributed by atoms with Crippen molar-refractivity contribution < 1.29 is 14.3 Å². The molecule has 0 bridgehead atoms. The second-order valence-corrected chi connectivity index (χ2v) is 5.62. The molecule has 0 spiro atoms. The first-order valence-corrected chi connectivity index (χ1v) is 7.34. The lowest BCUT2D eigenvalue weighted by Gasteiger charge is -2.23. The van der Waals surface area contributed by atoms with Crippen LogP contribution in [0.25, 0.3) is 0 Å². The summed E-state index contributed by atoms with van der Waals surface area (Å²) in [5, 5.41) is 6.65. The standard InChI is InChI=1S/C12H20N4O3S/c1-7(2)15-11(17)9-10(13)16-20-12(9)14-5-8-6-18-3-4-19-8/h7-8,14H,3-6H2,1-2H3,(H2,13,16)(H,15,17). The number of ether oxygens (including phenoxy) is 2. The summed E-state index contributed by atoms with van der Waals surface area (Å²) in [6.45, 7) is 6.13. The minimum atomic E-state index is -0.213. The normalized spacial score (nSPS) is 19.1. The zero-order valence-corrected chi connectivity index (χ0v) is 12.5. The van der Waals surface area contributed by atoms with Gasteiger partial charge in [-0.25, -0.2) is 0 Å². The van der Waals surface area contributed by atoms with Crippen molar-refractivity contribution in [1.29, 1.82) is 0 Å². The van der Waals surface area contributed by atoms with Crippen LogP contribution in [-0.2, 0) is 9.47 Å². The van der Waals surface area contributed by atoms with Crippen molar-refractivity contribution in [3.8, 4) is 0 Å². The van der Waals surface area contributed by atoms with E-state index < -0.39 is 0 Å². The van der Waals surface area contributed by atoms with Crippen LogP contribution < -0.4 is 16.4 Å². The highest BCUT2D eigenvalue weighted by atomic mass is 32.1. The van der Waals surface area contributed by atoms with E-state index in [4.69, 9.17) is 15.2 Å². The average molecular weight is 300 g/mol. The number of nitrogens with one attached hydrogen (secondary N) is 2. The molecule has 1 amide bonds. The van der Waals surface area contributed by atoms with Crippen LogP contribution in [0.3, 0.4) is 0 Å². The summed E-state index contributed by atoms with van der Waals surface area (Å²) in [5.74, 6) is 0.0334. The molecule has 1 saturated heterocycles. The van der Waals surface area contributed by atoms with Gasteiger partial charge in [0.2, 0.25) is 0 Å². The van der Waals surface area contributed by atoms with Gasteiger partial charge >= 0.3 is 0 Å². The maximum absolute atomic E-state index is 12.1. The smallest absolute Gasteiger partial charge is 0.258 e. The molecule has 1 aromatic rings. The number of rotatable bonds is 5. The highest BCUT2D eigenvalue weighted by Crippen LogP contribution is 2.26. The first-order chi connectivity index (χ1) is 9.58. The molecule has 4 N–H and O–H groups in total. The van der Waals surface area contributed by atoms with Gasteiger partial charge in [-0.1, -0.05) is 0 Å². The highest BCUT2D eigenvalue weighted by molar-refractivity contribution is 7.11. The molecule has 0 radical (unpaired) electrons. The number of anilines is 2. The molecule has 7 nitrogen and oxygen atoms in total. The topological polar surface area (TPSA) is 98.5 Å². The fourth-order valence-corrected chi connectivity index (χ4v) is 2.56. The van der Waals surface area contributed by atoms with E-state index in [1.165, 1.54) is 11.5 Å². The Balaban J connectivity index is 1.99. The Morgan fingerprint density at radius 2 is 2.35 bits per heavy atom. The van der Waals surface area contributed by atoms with Crippen LogP contribution in [0.5, 0.6) is 0 Å². The second kappa shape index (κ2) is 6.87. The van der Waals surface area contributed by atoms with Gasteiger partial charge in [-0.05, 0) is 25.4 Å². The van der Waals surface area contributed by atoms with Gasteiger partial charge in [0.25, 0.3) is 5.91 Å². The molecule has 1 aromatic heterocycles. The summed E-state index contributed by atoms with van der Waals surface area (Å²) in [5.41, 5.74) is 6.17. The molecular weight excluding hydrogens is 280 g/mol. The lowest BCUT2D eigenvalue weighted by atomic mass is 10.2. The van der Waals surface area contributed by atoms with Crippen molar-refractivity contribution in [2.45, 2.75) is 26.0 Å². The number of nitrogens with zero attached hydrogens (tertiary/aromatic N) is 1. The molecule has 8 heteroatoms. The van der Waals surface area contributed by atoms with E-state index >= 15 is 0 Å². The number of hydrogen-bond acceptors (Lipinski definition) is 7. The van der Waals surface area contributed by atoms with Crippen LogP contribution in [0, 0.1) is 0 Å². The number of nitrogen functional groups attached to an aromatic ring is 1. The van der Waals surface area contributed by atoms with Gasteiger partial charge in [-0.15, -0.1) is 0 Å². The molecule has 1 aliphatic rings. The third-order valence-electron chi connectivity index (χ3n) is 2.74. The van der Waals surface area contributed by atoms with Crippen LogP contribution in [0.15, 0.2) is 0 Å². The number of carbonyl (C=O) groups excluding carboxylic acids is 1. The van der Waals surface area contributed by atoms with Crippen molar-refractivity contribution in [2.24, 2.45) is 0 Å². The molecule has 1 aliphatic heterocycles. The molecule has 1 fully saturated rings. The highest BCUT2D eigenvalue weighted by Gasteiger charge is 2.21. The minimum Gasteiger partial charge on any atom is -0.382 e. The van der Waals surface area contributed by atoms with Gasteiger partial charge in [-0.3, -0.25) is 4.79 Å². The molecule has 0 aliphatic carbocycles. The first-order valence-electron chi connectivity index (χ1n) is 6.57. The molecule has 2 heterocycles. The van der Waals surface area contributed by atoms with Gasteiger partial charge in [0.05, 0.1) is 25.9 Å². The summed E-state index contributed by atoms with van der Waals surface area (Å²) in [4.78, 5) is 12.1. The molecule has 20 heavy (non-hydrogen) atoms. The van der Waals surface area contributed by atoms with Gasteiger partial charge in [-0.2, -0.15) is 4.37 Å². The van der Waals surface area contributed by atoms with Gasteiger partial charge in [0, 0.05) is 12.6 Å². The zero-order chi connectivity index (χ0) is 14.5. The Bertz CT molecular complexity index is 458. The summed E-state index contributed by atoms with van der Waals surface area (Å²) < 4.78 is 14.9. The summed E-state index contributed by atoms with van der Waals surface area (Å²) in [6.07, 6.45) is -0.0203. The Hall–Kier alpha value is -1.38. The predicted molar refractivity (Wildman–Crippen MR) is 78.2 cm³/mol. The Labute approximate surface area is 122 Å². The van der Waals surface area contributed by atoms with Crippen LogP contribution in [-0.4, -0.2) is 48.8 Å². The molecule has 1 atom stereocenters. The van der Waals surface area contributed by atoms with Crippen LogP contribution >= 0.6 is 11.5 Å². The van der Waals surface area contributed by atoms with Gasteiger partial charge < -0.3 is 25.8 Å². The van der Waals surface area contributed by atoms with E-state index in [2.05, 4.69) is 15.0 Å². The monoisotopic (exact) mass is 300 g/mol. The SMILES string of the molecule is CC(C)NC(=O)c1c(N)nsc1NCC1COCCO1. The van der Waals surface area contributed by atoms with Crippen LogP contribution in [0.2, 0.25) is 0 Å². The van der Waals surface area contributed by atoms with Crippen molar-refractivity contribution in [3.05, 3.63) is 5.56 Å². The third-order valence-corrected chi connectivity index (χ3v) is 3.56. The van der Waals surface area contributed by atoms with Crippen LogP contribution in [0.4, 0.5) is 10.8 Å². The molecule has 0 aromatic carbocycles. The Morgan fingerprint density at radius 3 is 3.00 bits per heavy atom. The number of nitrogens with two attached hydrogens (primary N) is 1. The van der Waals surface area contributed by atoms with E-state index in [1.54, 1.807) is 0 Å². The average Bonchev–Trinajstić information content (AvgIpc) is 2.78. The fourth-order valence-electron chi connectivity index (χ4n) is 1.84. The summed E-state index contributed by atoms with van der Waals surface area (Å²) in [6, 6.07) is 0.0460. The molecule has 0 saturated carbocycles.